The van der Waals surface area contributed by atoms with Gasteiger partial charge in [0.1, 0.15) is 6.10 Å². The van der Waals surface area contributed by atoms with Gasteiger partial charge in [0.15, 0.2) is 5.78 Å². The Balaban J connectivity index is 1.32. The molecule has 0 saturated heterocycles. The van der Waals surface area contributed by atoms with E-state index in [1.165, 1.54) is 12.4 Å². The molecule has 162 valence electrons. The average Bonchev–Trinajstić information content (AvgIpc) is 2.83. The minimum absolute atomic E-state index is 0.0349. The summed E-state index contributed by atoms with van der Waals surface area (Å²) >= 11 is 0. The fraction of sp³-hybridized carbons (Fsp3) is 0.208. The summed E-state index contributed by atoms with van der Waals surface area (Å²) in [6, 6.07) is 13.8. The highest BCUT2D eigenvalue weighted by atomic mass is 16.3. The van der Waals surface area contributed by atoms with Crippen LogP contribution in [0, 0.1) is 0 Å². The Labute approximate surface area is 183 Å². The first-order chi connectivity index (χ1) is 15.5. The number of hydrogen-bond donors (Lipinski definition) is 2. The molecule has 1 aromatic heterocycles. The maximum absolute atomic E-state index is 12.9. The minimum atomic E-state index is -1.38. The Morgan fingerprint density at radius 3 is 2.31 bits per heavy atom. The molecule has 2 N–H and O–H groups in total. The van der Waals surface area contributed by atoms with E-state index < -0.39 is 29.6 Å². The zero-order valence-electron chi connectivity index (χ0n) is 17.2. The van der Waals surface area contributed by atoms with Gasteiger partial charge in [-0.05, 0) is 36.1 Å². The second kappa shape index (κ2) is 9.07. The number of Topliss-reactive ketones (excluding diaryl/α,β-unsaturated/α-hetero) is 1. The van der Waals surface area contributed by atoms with Gasteiger partial charge in [-0.2, -0.15) is 0 Å². The van der Waals surface area contributed by atoms with Gasteiger partial charge >= 0.3 is 0 Å². The fourth-order valence-corrected chi connectivity index (χ4v) is 3.76. The summed E-state index contributed by atoms with van der Waals surface area (Å²) < 4.78 is 0. The molecule has 1 aliphatic rings. The molecular formula is C24H21N3O5. The zero-order valence-corrected chi connectivity index (χ0v) is 17.2. The van der Waals surface area contributed by atoms with Crippen molar-refractivity contribution in [2.75, 3.05) is 13.1 Å². The van der Waals surface area contributed by atoms with Gasteiger partial charge in [-0.15, -0.1) is 0 Å². The van der Waals surface area contributed by atoms with Crippen LogP contribution in [0.5, 0.6) is 0 Å². The van der Waals surface area contributed by atoms with Crippen molar-refractivity contribution in [2.24, 2.45) is 0 Å². The van der Waals surface area contributed by atoms with Crippen molar-refractivity contribution in [1.29, 1.82) is 0 Å². The lowest BCUT2D eigenvalue weighted by Crippen LogP contribution is -2.41. The van der Waals surface area contributed by atoms with E-state index in [9.17, 15) is 24.3 Å². The van der Waals surface area contributed by atoms with Crippen LogP contribution in [0.1, 0.15) is 43.9 Å². The van der Waals surface area contributed by atoms with E-state index >= 15 is 0 Å². The second-order valence-corrected chi connectivity index (χ2v) is 7.51. The van der Waals surface area contributed by atoms with Gasteiger partial charge in [0.05, 0.1) is 12.1 Å². The highest BCUT2D eigenvalue weighted by molar-refractivity contribution is 6.25. The van der Waals surface area contributed by atoms with Crippen molar-refractivity contribution in [1.82, 2.24) is 15.2 Å². The van der Waals surface area contributed by atoms with E-state index in [0.29, 0.717) is 22.1 Å². The molecule has 2 heterocycles. The third-order valence-corrected chi connectivity index (χ3v) is 5.41. The Kier molecular flexibility index (Phi) is 6.04. The molecule has 1 aliphatic heterocycles. The number of aliphatic hydroxyl groups is 1. The van der Waals surface area contributed by atoms with Crippen LogP contribution in [-0.2, 0) is 4.79 Å². The van der Waals surface area contributed by atoms with E-state index in [-0.39, 0.29) is 25.9 Å². The molecule has 0 saturated carbocycles. The summed E-state index contributed by atoms with van der Waals surface area (Å²) in [6.07, 6.45) is 1.72. The number of benzene rings is 2. The number of carbonyl (C=O) groups is 4. The molecule has 1 unspecified atom stereocenters. The fourth-order valence-electron chi connectivity index (χ4n) is 3.76. The summed E-state index contributed by atoms with van der Waals surface area (Å²) in [5, 5.41) is 14.0. The maximum Gasteiger partial charge on any atom is 0.261 e. The lowest BCUT2D eigenvalue weighted by molar-refractivity contribution is -0.126. The van der Waals surface area contributed by atoms with Crippen molar-refractivity contribution >= 4 is 34.3 Å². The van der Waals surface area contributed by atoms with Gasteiger partial charge in [0.2, 0.25) is 0 Å². The first kappa shape index (κ1) is 21.3. The van der Waals surface area contributed by atoms with Crippen LogP contribution in [0.15, 0.2) is 60.9 Å². The minimum Gasteiger partial charge on any atom is -0.383 e. The molecule has 3 amide bonds. The smallest absolute Gasteiger partial charge is 0.261 e. The predicted octanol–water partition coefficient (Wildman–Crippen LogP) is 1.97. The molecule has 8 nitrogen and oxygen atoms in total. The molecule has 8 heteroatoms. The van der Waals surface area contributed by atoms with Gasteiger partial charge < -0.3 is 10.4 Å². The zero-order chi connectivity index (χ0) is 22.7. The van der Waals surface area contributed by atoms with Crippen LogP contribution in [0.3, 0.4) is 0 Å². The topological polar surface area (TPSA) is 117 Å². The molecule has 1 atom stereocenters. The van der Waals surface area contributed by atoms with Crippen LogP contribution in [0.2, 0.25) is 0 Å². The molecule has 0 aliphatic carbocycles. The summed E-state index contributed by atoms with van der Waals surface area (Å²) in [6.45, 7) is -0.174. The molecule has 0 spiro atoms. The van der Waals surface area contributed by atoms with Crippen LogP contribution in [0.4, 0.5) is 0 Å². The number of ketones is 1. The normalized spacial score (nSPS) is 13.8. The highest BCUT2D eigenvalue weighted by Gasteiger charge is 2.32. The first-order valence-electron chi connectivity index (χ1n) is 10.2. The van der Waals surface area contributed by atoms with Crippen molar-refractivity contribution < 1.29 is 24.3 Å². The number of amides is 3. The van der Waals surface area contributed by atoms with Gasteiger partial charge in [0.25, 0.3) is 17.7 Å². The number of rotatable bonds is 8. The number of nitrogens with zero attached hydrogens (tertiary/aromatic N) is 2. The summed E-state index contributed by atoms with van der Waals surface area (Å²) in [5.41, 5.74) is 1.24. The predicted molar refractivity (Wildman–Crippen MR) is 116 cm³/mol. The molecule has 3 aromatic rings. The quantitative estimate of drug-likeness (QED) is 0.527. The van der Waals surface area contributed by atoms with Gasteiger partial charge in [0, 0.05) is 41.9 Å². The number of aromatic nitrogens is 1. The molecule has 0 radical (unpaired) electrons. The third-order valence-electron chi connectivity index (χ3n) is 5.41. The number of hydrogen-bond acceptors (Lipinski definition) is 6. The van der Waals surface area contributed by atoms with E-state index in [4.69, 9.17) is 0 Å². The van der Waals surface area contributed by atoms with Crippen molar-refractivity contribution in [2.45, 2.75) is 18.9 Å². The highest BCUT2D eigenvalue weighted by Crippen LogP contribution is 2.30. The van der Waals surface area contributed by atoms with Crippen LogP contribution < -0.4 is 5.32 Å². The second-order valence-electron chi connectivity index (χ2n) is 7.51. The van der Waals surface area contributed by atoms with Crippen molar-refractivity contribution in [3.8, 4) is 0 Å². The van der Waals surface area contributed by atoms with Gasteiger partial charge in [-0.25, -0.2) is 0 Å². The Morgan fingerprint density at radius 2 is 1.69 bits per heavy atom. The Hall–Kier alpha value is -3.91. The number of nitrogens with one attached hydrogen (secondary N) is 1. The lowest BCUT2D eigenvalue weighted by Gasteiger charge is -2.27. The maximum atomic E-state index is 12.9. The summed E-state index contributed by atoms with van der Waals surface area (Å²) in [7, 11) is 0. The number of imide groups is 1. The van der Waals surface area contributed by atoms with E-state index in [1.54, 1.807) is 36.4 Å². The Bertz CT molecular complexity index is 1160. The molecule has 2 aromatic carbocycles. The molecule has 32 heavy (non-hydrogen) atoms. The standard InChI is InChI=1S/C24H21N3O5/c28-19(20(29)14-26-22(30)16-7-3-11-25-13-16)10-4-12-27-23(31)17-8-1-5-15-6-2-9-18(21(15)17)24(27)32/h1-3,5-9,11,13,20,29H,4,10,12,14H2,(H,26,30). The van der Waals surface area contributed by atoms with E-state index in [1.807, 2.05) is 12.1 Å². The molecule has 4 rings (SSSR count). The van der Waals surface area contributed by atoms with Crippen molar-refractivity contribution in [3.05, 3.63) is 77.6 Å². The largest absolute Gasteiger partial charge is 0.383 e. The van der Waals surface area contributed by atoms with Crippen LogP contribution in [-0.4, -0.2) is 57.7 Å². The van der Waals surface area contributed by atoms with Crippen LogP contribution in [0.25, 0.3) is 10.8 Å². The van der Waals surface area contributed by atoms with Gasteiger partial charge in [-0.1, -0.05) is 24.3 Å². The van der Waals surface area contributed by atoms with Gasteiger partial charge in [-0.3, -0.25) is 29.1 Å². The van der Waals surface area contributed by atoms with Crippen LogP contribution >= 0.6 is 0 Å². The number of pyridine rings is 1. The third kappa shape index (κ3) is 4.13. The average molecular weight is 431 g/mol. The molecule has 0 fully saturated rings. The summed E-state index contributed by atoms with van der Waals surface area (Å²) in [4.78, 5) is 54.9. The number of aliphatic hydroxyl groups excluding tert-OH is 1. The first-order valence-corrected chi connectivity index (χ1v) is 10.2. The lowest BCUT2D eigenvalue weighted by atomic mass is 9.94. The van der Waals surface area contributed by atoms with E-state index in [0.717, 1.165) is 10.3 Å². The van der Waals surface area contributed by atoms with E-state index in [2.05, 4.69) is 10.3 Å². The molecule has 0 bridgehead atoms. The molecular weight excluding hydrogens is 410 g/mol. The summed E-state index contributed by atoms with van der Waals surface area (Å²) in [5.74, 6) is -1.70. The monoisotopic (exact) mass is 431 g/mol. The SMILES string of the molecule is O=C(NCC(O)C(=O)CCCN1C(=O)c2cccc3cccc(c23)C1=O)c1cccnc1. The number of carbonyl (C=O) groups excluding carboxylic acids is 4. The van der Waals surface area contributed by atoms with Crippen molar-refractivity contribution in [3.63, 3.8) is 0 Å². The Morgan fingerprint density at radius 1 is 1.00 bits per heavy atom.